The van der Waals surface area contributed by atoms with Crippen LogP contribution in [-0.4, -0.2) is 26.0 Å². The molecular formula is C20H26N4O2. The molecule has 6 heteroatoms. The molecule has 3 N–H and O–H groups in total. The van der Waals surface area contributed by atoms with Crippen LogP contribution in [0.15, 0.2) is 42.5 Å². The molecule has 6 nitrogen and oxygen atoms in total. The van der Waals surface area contributed by atoms with E-state index < -0.39 is 0 Å². The number of hydrogen-bond donors (Lipinski definition) is 3. The topological polar surface area (TPSA) is 73.5 Å². The third kappa shape index (κ3) is 5.24. The van der Waals surface area contributed by atoms with Crippen molar-refractivity contribution < 1.29 is 9.59 Å². The number of rotatable bonds is 5. The molecule has 0 aromatic heterocycles. The lowest BCUT2D eigenvalue weighted by molar-refractivity contribution is -0.114. The van der Waals surface area contributed by atoms with Gasteiger partial charge in [0.05, 0.1) is 6.04 Å². The fourth-order valence-electron chi connectivity index (χ4n) is 2.59. The van der Waals surface area contributed by atoms with Gasteiger partial charge in [0, 0.05) is 38.1 Å². The first-order chi connectivity index (χ1) is 12.3. The summed E-state index contributed by atoms with van der Waals surface area (Å²) in [6, 6.07) is 12.8. The molecule has 2 rings (SSSR count). The number of urea groups is 1. The molecule has 0 aliphatic carbocycles. The van der Waals surface area contributed by atoms with Crippen LogP contribution in [0.2, 0.25) is 0 Å². The van der Waals surface area contributed by atoms with E-state index in [2.05, 4.69) is 16.0 Å². The van der Waals surface area contributed by atoms with Gasteiger partial charge in [0.25, 0.3) is 0 Å². The quantitative estimate of drug-likeness (QED) is 0.762. The van der Waals surface area contributed by atoms with Gasteiger partial charge >= 0.3 is 6.03 Å². The molecule has 138 valence electrons. The van der Waals surface area contributed by atoms with E-state index in [1.165, 1.54) is 6.92 Å². The highest BCUT2D eigenvalue weighted by Gasteiger charge is 2.12. The van der Waals surface area contributed by atoms with Crippen LogP contribution < -0.4 is 20.9 Å². The molecule has 1 unspecified atom stereocenters. The molecule has 0 saturated heterocycles. The fourth-order valence-corrected chi connectivity index (χ4v) is 2.59. The minimum atomic E-state index is -0.275. The molecule has 0 radical (unpaired) electrons. The summed E-state index contributed by atoms with van der Waals surface area (Å²) in [4.78, 5) is 25.5. The Morgan fingerprint density at radius 2 is 1.77 bits per heavy atom. The van der Waals surface area contributed by atoms with Crippen molar-refractivity contribution in [1.29, 1.82) is 0 Å². The third-order valence-corrected chi connectivity index (χ3v) is 4.03. The number of amides is 3. The van der Waals surface area contributed by atoms with Crippen LogP contribution in [0.1, 0.15) is 31.0 Å². The Bertz CT molecular complexity index is 802. The first kappa shape index (κ1) is 19.3. The van der Waals surface area contributed by atoms with E-state index in [1.807, 2.05) is 75.3 Å². The monoisotopic (exact) mass is 354 g/mol. The highest BCUT2D eigenvalue weighted by molar-refractivity contribution is 5.91. The summed E-state index contributed by atoms with van der Waals surface area (Å²) >= 11 is 0. The van der Waals surface area contributed by atoms with E-state index in [-0.39, 0.29) is 18.0 Å². The molecule has 0 saturated carbocycles. The van der Waals surface area contributed by atoms with E-state index in [4.69, 9.17) is 0 Å². The largest absolute Gasteiger partial charge is 0.378 e. The number of hydrogen-bond acceptors (Lipinski definition) is 3. The molecule has 26 heavy (non-hydrogen) atoms. The number of anilines is 3. The zero-order chi connectivity index (χ0) is 19.3. The van der Waals surface area contributed by atoms with Crippen molar-refractivity contribution in [2.24, 2.45) is 0 Å². The van der Waals surface area contributed by atoms with Crippen molar-refractivity contribution >= 4 is 29.0 Å². The SMILES string of the molecule is CC(=O)Nc1cccc(C(C)NC(=O)Nc2ccc(N(C)C)cc2C)c1. The smallest absolute Gasteiger partial charge is 0.319 e. The Kier molecular flexibility index (Phi) is 6.22. The molecule has 0 aliphatic heterocycles. The highest BCUT2D eigenvalue weighted by Crippen LogP contribution is 2.22. The summed E-state index contributed by atoms with van der Waals surface area (Å²) in [6.45, 7) is 5.32. The highest BCUT2D eigenvalue weighted by atomic mass is 16.2. The lowest BCUT2D eigenvalue weighted by Crippen LogP contribution is -2.31. The molecule has 2 aromatic carbocycles. The second-order valence-corrected chi connectivity index (χ2v) is 6.52. The Labute approximate surface area is 154 Å². The van der Waals surface area contributed by atoms with Gasteiger partial charge in [-0.05, 0) is 55.3 Å². The predicted octanol–water partition coefficient (Wildman–Crippen LogP) is 3.90. The molecule has 3 amide bonds. The van der Waals surface area contributed by atoms with Gasteiger partial charge in [-0.2, -0.15) is 0 Å². The summed E-state index contributed by atoms with van der Waals surface area (Å²) in [6.07, 6.45) is 0. The molecule has 0 aliphatic rings. The first-order valence-electron chi connectivity index (χ1n) is 8.49. The van der Waals surface area contributed by atoms with Gasteiger partial charge in [0.15, 0.2) is 0 Å². The van der Waals surface area contributed by atoms with Gasteiger partial charge in [0.2, 0.25) is 5.91 Å². The lowest BCUT2D eigenvalue weighted by Gasteiger charge is -2.18. The van der Waals surface area contributed by atoms with Crippen molar-refractivity contribution in [3.8, 4) is 0 Å². The number of nitrogens with one attached hydrogen (secondary N) is 3. The fraction of sp³-hybridized carbons (Fsp3) is 0.300. The van der Waals surface area contributed by atoms with Gasteiger partial charge in [-0.3, -0.25) is 4.79 Å². The van der Waals surface area contributed by atoms with Gasteiger partial charge in [-0.25, -0.2) is 4.79 Å². The number of carbonyl (C=O) groups excluding carboxylic acids is 2. The molecule has 1 atom stereocenters. The van der Waals surface area contributed by atoms with Crippen molar-refractivity contribution in [2.45, 2.75) is 26.8 Å². The van der Waals surface area contributed by atoms with Crippen LogP contribution >= 0.6 is 0 Å². The molecule has 0 heterocycles. The van der Waals surface area contributed by atoms with Crippen molar-refractivity contribution in [3.63, 3.8) is 0 Å². The molecule has 0 spiro atoms. The second-order valence-electron chi connectivity index (χ2n) is 6.52. The zero-order valence-corrected chi connectivity index (χ0v) is 15.9. The number of nitrogens with zero attached hydrogens (tertiary/aromatic N) is 1. The Morgan fingerprint density at radius 3 is 2.38 bits per heavy atom. The number of carbonyl (C=O) groups is 2. The van der Waals surface area contributed by atoms with Crippen molar-refractivity contribution in [1.82, 2.24) is 5.32 Å². The van der Waals surface area contributed by atoms with Crippen LogP contribution in [0.25, 0.3) is 0 Å². The van der Waals surface area contributed by atoms with Crippen LogP contribution in [-0.2, 0) is 4.79 Å². The summed E-state index contributed by atoms with van der Waals surface area (Å²) in [5, 5.41) is 8.55. The maximum Gasteiger partial charge on any atom is 0.319 e. The average Bonchev–Trinajstić information content (AvgIpc) is 2.56. The summed E-state index contributed by atoms with van der Waals surface area (Å²) in [5.74, 6) is -0.128. The minimum absolute atomic E-state index is 0.128. The van der Waals surface area contributed by atoms with Gasteiger partial charge in [-0.1, -0.05) is 12.1 Å². The van der Waals surface area contributed by atoms with Gasteiger partial charge in [-0.15, -0.1) is 0 Å². The maximum absolute atomic E-state index is 12.3. The third-order valence-electron chi connectivity index (χ3n) is 4.03. The molecular weight excluding hydrogens is 328 g/mol. The first-order valence-corrected chi connectivity index (χ1v) is 8.49. The second kappa shape index (κ2) is 8.38. The van der Waals surface area contributed by atoms with Crippen LogP contribution in [0.5, 0.6) is 0 Å². The summed E-state index contributed by atoms with van der Waals surface area (Å²) < 4.78 is 0. The van der Waals surface area contributed by atoms with Gasteiger partial charge < -0.3 is 20.9 Å². The normalized spacial score (nSPS) is 11.4. The Hall–Kier alpha value is -3.02. The van der Waals surface area contributed by atoms with Crippen molar-refractivity contribution in [2.75, 3.05) is 29.6 Å². The predicted molar refractivity (Wildman–Crippen MR) is 107 cm³/mol. The van der Waals surface area contributed by atoms with Gasteiger partial charge in [0.1, 0.15) is 0 Å². The zero-order valence-electron chi connectivity index (χ0n) is 15.9. The van der Waals surface area contributed by atoms with Crippen LogP contribution in [0.3, 0.4) is 0 Å². The Balaban J connectivity index is 2.02. The van der Waals surface area contributed by atoms with E-state index in [0.717, 1.165) is 22.5 Å². The maximum atomic E-state index is 12.3. The summed E-state index contributed by atoms with van der Waals surface area (Å²) in [7, 11) is 3.96. The summed E-state index contributed by atoms with van der Waals surface area (Å²) in [5.41, 5.74) is 4.46. The molecule has 0 bridgehead atoms. The average molecular weight is 354 g/mol. The standard InChI is InChI=1S/C20H26N4O2/c1-13-11-18(24(4)5)9-10-19(13)23-20(26)21-14(2)16-7-6-8-17(12-16)22-15(3)25/h6-12,14H,1-5H3,(H,22,25)(H2,21,23,26). The Morgan fingerprint density at radius 1 is 1.04 bits per heavy atom. The van der Waals surface area contributed by atoms with E-state index in [0.29, 0.717) is 5.69 Å². The van der Waals surface area contributed by atoms with E-state index in [1.54, 1.807) is 0 Å². The lowest BCUT2D eigenvalue weighted by atomic mass is 10.1. The molecule has 2 aromatic rings. The molecule has 0 fully saturated rings. The number of aryl methyl sites for hydroxylation is 1. The van der Waals surface area contributed by atoms with E-state index in [9.17, 15) is 9.59 Å². The van der Waals surface area contributed by atoms with E-state index >= 15 is 0 Å². The minimum Gasteiger partial charge on any atom is -0.378 e. The number of benzene rings is 2. The van der Waals surface area contributed by atoms with Crippen LogP contribution in [0, 0.1) is 6.92 Å². The van der Waals surface area contributed by atoms with Crippen molar-refractivity contribution in [3.05, 3.63) is 53.6 Å². The van der Waals surface area contributed by atoms with Crippen LogP contribution in [0.4, 0.5) is 21.9 Å².